The Morgan fingerprint density at radius 3 is 2.60 bits per heavy atom. The van der Waals surface area contributed by atoms with Gasteiger partial charge in [0, 0.05) is 24.1 Å². The molecule has 2 unspecified atom stereocenters. The van der Waals surface area contributed by atoms with Crippen molar-refractivity contribution in [2.24, 2.45) is 17.6 Å². The molecule has 1 aliphatic heterocycles. The van der Waals surface area contributed by atoms with Crippen LogP contribution in [0.3, 0.4) is 0 Å². The third kappa shape index (κ3) is 3.08. The Bertz CT molecular complexity index is 589. The first kappa shape index (κ1) is 15.9. The SMILES string of the molecule is CC1CCN(S(=O)(=O)c2ccc(CN)cc2Br)CC1C. The number of benzene rings is 1. The van der Waals surface area contributed by atoms with Crippen molar-refractivity contribution in [3.63, 3.8) is 0 Å². The van der Waals surface area contributed by atoms with Crippen molar-refractivity contribution in [1.82, 2.24) is 4.31 Å². The predicted molar refractivity (Wildman–Crippen MR) is 83.7 cm³/mol. The maximum absolute atomic E-state index is 12.7. The number of hydrogen-bond donors (Lipinski definition) is 1. The number of piperidine rings is 1. The zero-order valence-electron chi connectivity index (χ0n) is 11.8. The van der Waals surface area contributed by atoms with Crippen LogP contribution >= 0.6 is 15.9 Å². The Morgan fingerprint density at radius 2 is 2.05 bits per heavy atom. The second-order valence-electron chi connectivity index (χ2n) is 5.58. The molecule has 112 valence electrons. The summed E-state index contributed by atoms with van der Waals surface area (Å²) in [5, 5.41) is 0. The Hall–Kier alpha value is -0.430. The molecule has 1 aliphatic rings. The van der Waals surface area contributed by atoms with Gasteiger partial charge < -0.3 is 5.73 Å². The molecule has 0 spiro atoms. The van der Waals surface area contributed by atoms with Gasteiger partial charge in [-0.3, -0.25) is 0 Å². The zero-order chi connectivity index (χ0) is 14.9. The van der Waals surface area contributed by atoms with Gasteiger partial charge in [-0.15, -0.1) is 0 Å². The van der Waals surface area contributed by atoms with Gasteiger partial charge in [-0.1, -0.05) is 19.9 Å². The van der Waals surface area contributed by atoms with E-state index in [0.29, 0.717) is 40.8 Å². The van der Waals surface area contributed by atoms with Crippen LogP contribution in [-0.4, -0.2) is 25.8 Å². The van der Waals surface area contributed by atoms with E-state index in [1.165, 1.54) is 0 Å². The highest BCUT2D eigenvalue weighted by atomic mass is 79.9. The van der Waals surface area contributed by atoms with Gasteiger partial charge in [0.2, 0.25) is 10.0 Å². The highest BCUT2D eigenvalue weighted by Crippen LogP contribution is 2.31. The van der Waals surface area contributed by atoms with Crippen molar-refractivity contribution < 1.29 is 8.42 Å². The monoisotopic (exact) mass is 360 g/mol. The van der Waals surface area contributed by atoms with E-state index in [1.54, 1.807) is 22.5 Å². The van der Waals surface area contributed by atoms with E-state index in [2.05, 4.69) is 29.8 Å². The molecule has 1 heterocycles. The van der Waals surface area contributed by atoms with Crippen molar-refractivity contribution in [2.75, 3.05) is 13.1 Å². The van der Waals surface area contributed by atoms with Crippen LogP contribution in [0.15, 0.2) is 27.6 Å². The summed E-state index contributed by atoms with van der Waals surface area (Å²) in [6, 6.07) is 5.20. The first-order valence-electron chi connectivity index (χ1n) is 6.85. The van der Waals surface area contributed by atoms with Gasteiger partial charge >= 0.3 is 0 Å². The molecule has 1 fully saturated rings. The van der Waals surface area contributed by atoms with Crippen LogP contribution in [0.5, 0.6) is 0 Å². The van der Waals surface area contributed by atoms with E-state index in [-0.39, 0.29) is 0 Å². The number of sulfonamides is 1. The summed E-state index contributed by atoms with van der Waals surface area (Å²) in [7, 11) is -3.43. The lowest BCUT2D eigenvalue weighted by molar-refractivity contribution is 0.212. The predicted octanol–water partition coefficient (Wildman–Crippen LogP) is 2.57. The van der Waals surface area contributed by atoms with Gasteiger partial charge in [-0.2, -0.15) is 4.31 Å². The maximum Gasteiger partial charge on any atom is 0.244 e. The highest BCUT2D eigenvalue weighted by Gasteiger charge is 2.32. The van der Waals surface area contributed by atoms with Gasteiger partial charge in [-0.25, -0.2) is 8.42 Å². The highest BCUT2D eigenvalue weighted by molar-refractivity contribution is 9.10. The quantitative estimate of drug-likeness (QED) is 0.900. The molecule has 1 saturated heterocycles. The fourth-order valence-corrected chi connectivity index (χ4v) is 5.10. The molecule has 0 bridgehead atoms. The van der Waals surface area contributed by atoms with Gasteiger partial charge in [0.25, 0.3) is 0 Å². The summed E-state index contributed by atoms with van der Waals surface area (Å²) in [6.07, 6.45) is 0.916. The second-order valence-corrected chi connectivity index (χ2v) is 8.34. The molecule has 0 aromatic heterocycles. The minimum atomic E-state index is -3.43. The molecule has 2 N–H and O–H groups in total. The van der Waals surface area contributed by atoms with E-state index in [1.807, 2.05) is 0 Å². The lowest BCUT2D eigenvalue weighted by Crippen LogP contribution is -2.42. The van der Waals surface area contributed by atoms with E-state index in [4.69, 9.17) is 5.73 Å². The van der Waals surface area contributed by atoms with E-state index >= 15 is 0 Å². The number of nitrogens with zero attached hydrogens (tertiary/aromatic N) is 1. The summed E-state index contributed by atoms with van der Waals surface area (Å²) >= 11 is 3.36. The molecule has 1 aromatic carbocycles. The second kappa shape index (κ2) is 6.13. The zero-order valence-corrected chi connectivity index (χ0v) is 14.2. The Balaban J connectivity index is 2.31. The molecule has 1 aromatic rings. The van der Waals surface area contributed by atoms with Crippen LogP contribution in [0.4, 0.5) is 0 Å². The fraction of sp³-hybridized carbons (Fsp3) is 0.571. The van der Waals surface area contributed by atoms with Crippen LogP contribution in [0.2, 0.25) is 0 Å². The molecular weight excluding hydrogens is 340 g/mol. The smallest absolute Gasteiger partial charge is 0.244 e. The fourth-order valence-electron chi connectivity index (χ4n) is 2.46. The van der Waals surface area contributed by atoms with Gasteiger partial charge in [0.15, 0.2) is 0 Å². The molecule has 4 nitrogen and oxygen atoms in total. The molecule has 0 amide bonds. The van der Waals surface area contributed by atoms with Crippen molar-refractivity contribution in [3.8, 4) is 0 Å². The Kier molecular flexibility index (Phi) is 4.89. The first-order chi connectivity index (χ1) is 9.36. The summed E-state index contributed by atoms with van der Waals surface area (Å²) in [5.41, 5.74) is 6.49. The normalized spacial score (nSPS) is 24.8. The van der Waals surface area contributed by atoms with Crippen molar-refractivity contribution >= 4 is 26.0 Å². The van der Waals surface area contributed by atoms with Crippen LogP contribution in [0, 0.1) is 11.8 Å². The lowest BCUT2D eigenvalue weighted by atomic mass is 9.90. The summed E-state index contributed by atoms with van der Waals surface area (Å²) < 4.78 is 27.6. The minimum absolute atomic E-state index is 0.330. The van der Waals surface area contributed by atoms with E-state index in [0.717, 1.165) is 12.0 Å². The number of rotatable bonds is 3. The number of hydrogen-bond acceptors (Lipinski definition) is 3. The molecule has 0 saturated carbocycles. The summed E-state index contributed by atoms with van der Waals surface area (Å²) in [5.74, 6) is 0.963. The maximum atomic E-state index is 12.7. The topological polar surface area (TPSA) is 63.4 Å². The van der Waals surface area contributed by atoms with E-state index in [9.17, 15) is 8.42 Å². The lowest BCUT2D eigenvalue weighted by Gasteiger charge is -2.34. The molecule has 0 radical (unpaired) electrons. The van der Waals surface area contributed by atoms with Gasteiger partial charge in [0.05, 0.1) is 4.90 Å². The van der Waals surface area contributed by atoms with Crippen molar-refractivity contribution in [3.05, 3.63) is 28.2 Å². The van der Waals surface area contributed by atoms with Crippen molar-refractivity contribution in [2.45, 2.75) is 31.7 Å². The van der Waals surface area contributed by atoms with Crippen molar-refractivity contribution in [1.29, 1.82) is 0 Å². The van der Waals surface area contributed by atoms with Gasteiger partial charge in [-0.05, 0) is 51.9 Å². The standard InChI is InChI=1S/C14H21BrN2O2S/c1-10-5-6-17(9-11(10)2)20(18,19)14-4-3-12(8-16)7-13(14)15/h3-4,7,10-11H,5-6,8-9,16H2,1-2H3. The summed E-state index contributed by atoms with van der Waals surface area (Å²) in [4.78, 5) is 0.330. The van der Waals surface area contributed by atoms with Crippen LogP contribution in [0.1, 0.15) is 25.8 Å². The van der Waals surface area contributed by atoms with E-state index < -0.39 is 10.0 Å². The molecule has 2 rings (SSSR count). The average Bonchev–Trinajstić information content (AvgIpc) is 2.41. The molecule has 0 aliphatic carbocycles. The third-order valence-corrected chi connectivity index (χ3v) is 6.99. The third-order valence-electron chi connectivity index (χ3n) is 4.15. The molecule has 2 atom stereocenters. The molecular formula is C14H21BrN2O2S. The molecule has 6 heteroatoms. The Labute approximate surface area is 129 Å². The molecule has 20 heavy (non-hydrogen) atoms. The van der Waals surface area contributed by atoms with Crippen LogP contribution < -0.4 is 5.73 Å². The minimum Gasteiger partial charge on any atom is -0.326 e. The number of halogens is 1. The van der Waals surface area contributed by atoms with Crippen LogP contribution in [-0.2, 0) is 16.6 Å². The van der Waals surface area contributed by atoms with Crippen LogP contribution in [0.25, 0.3) is 0 Å². The largest absolute Gasteiger partial charge is 0.326 e. The Morgan fingerprint density at radius 1 is 1.35 bits per heavy atom. The average molecular weight is 361 g/mol. The number of nitrogens with two attached hydrogens (primary N) is 1. The summed E-state index contributed by atoms with van der Waals surface area (Å²) in [6.45, 7) is 5.88. The first-order valence-corrected chi connectivity index (χ1v) is 9.08. The van der Waals surface area contributed by atoms with Gasteiger partial charge in [0.1, 0.15) is 0 Å².